The molecular formula is C82H160N2O6P+. The van der Waals surface area contributed by atoms with Gasteiger partial charge in [-0.1, -0.05) is 396 Å². The van der Waals surface area contributed by atoms with Gasteiger partial charge in [-0.2, -0.15) is 0 Å². The zero-order valence-electron chi connectivity index (χ0n) is 61.9. The van der Waals surface area contributed by atoms with Crippen molar-refractivity contribution in [2.24, 2.45) is 0 Å². The minimum Gasteiger partial charge on any atom is -0.387 e. The van der Waals surface area contributed by atoms with E-state index in [1.807, 2.05) is 27.2 Å². The van der Waals surface area contributed by atoms with Gasteiger partial charge < -0.3 is 19.8 Å². The topological polar surface area (TPSA) is 105 Å². The average molecular weight is 1300 g/mol. The van der Waals surface area contributed by atoms with Gasteiger partial charge in [0.05, 0.1) is 39.9 Å². The van der Waals surface area contributed by atoms with Gasteiger partial charge in [-0.15, -0.1) is 0 Å². The molecule has 0 radical (unpaired) electrons. The second-order valence-electron chi connectivity index (χ2n) is 29.1. The van der Waals surface area contributed by atoms with Crippen molar-refractivity contribution >= 4 is 13.7 Å². The summed E-state index contributed by atoms with van der Waals surface area (Å²) in [4.78, 5) is 23.5. The maximum Gasteiger partial charge on any atom is 0.472 e. The molecule has 0 aliphatic heterocycles. The molecule has 0 heterocycles. The van der Waals surface area contributed by atoms with E-state index in [-0.39, 0.29) is 19.1 Å². The van der Waals surface area contributed by atoms with Gasteiger partial charge in [-0.3, -0.25) is 13.8 Å². The van der Waals surface area contributed by atoms with Crippen LogP contribution in [0.3, 0.4) is 0 Å². The predicted molar refractivity (Wildman–Crippen MR) is 401 cm³/mol. The zero-order chi connectivity index (χ0) is 66.2. The summed E-state index contributed by atoms with van der Waals surface area (Å²) in [6.07, 6.45) is 100. The number of phosphoric ester groups is 1. The molecule has 1 amide bonds. The Morgan fingerprint density at radius 1 is 0.374 bits per heavy atom. The predicted octanol–water partition coefficient (Wildman–Crippen LogP) is 26.5. The van der Waals surface area contributed by atoms with E-state index in [2.05, 4.69) is 55.6 Å². The van der Waals surface area contributed by atoms with Crippen LogP contribution in [0, 0.1) is 0 Å². The van der Waals surface area contributed by atoms with Crippen LogP contribution in [0.5, 0.6) is 0 Å². The monoisotopic (exact) mass is 1300 g/mol. The molecule has 0 spiro atoms. The lowest BCUT2D eigenvalue weighted by atomic mass is 10.0. The smallest absolute Gasteiger partial charge is 0.387 e. The minimum absolute atomic E-state index is 0.0579. The largest absolute Gasteiger partial charge is 0.472 e. The fourth-order valence-electron chi connectivity index (χ4n) is 12.5. The molecule has 91 heavy (non-hydrogen) atoms. The number of phosphoric acid groups is 1. The molecule has 0 rings (SSSR count). The lowest BCUT2D eigenvalue weighted by Gasteiger charge is -2.25. The Bertz CT molecular complexity index is 1630. The number of aliphatic hydroxyl groups excluding tert-OH is 1. The highest BCUT2D eigenvalue weighted by Crippen LogP contribution is 2.43. The first-order valence-electron chi connectivity index (χ1n) is 40.5. The number of unbranched alkanes of at least 4 members (excludes halogenated alkanes) is 57. The molecule has 8 nitrogen and oxygen atoms in total. The number of nitrogens with zero attached hydrogens (tertiary/aromatic N) is 1. The molecule has 0 saturated carbocycles. The number of amides is 1. The third-order valence-corrected chi connectivity index (χ3v) is 19.8. The zero-order valence-corrected chi connectivity index (χ0v) is 62.8. The molecule has 0 bridgehead atoms. The molecule has 3 unspecified atom stereocenters. The van der Waals surface area contributed by atoms with Crippen LogP contribution >= 0.6 is 7.82 Å². The number of nitrogens with one attached hydrogen (secondary N) is 1. The summed E-state index contributed by atoms with van der Waals surface area (Å²) in [6.45, 7) is 4.85. The van der Waals surface area contributed by atoms with Crippen molar-refractivity contribution in [1.82, 2.24) is 5.32 Å². The number of hydrogen-bond acceptors (Lipinski definition) is 5. The van der Waals surface area contributed by atoms with Gasteiger partial charge in [0.25, 0.3) is 0 Å². The van der Waals surface area contributed by atoms with Crippen molar-refractivity contribution in [2.75, 3.05) is 40.9 Å². The lowest BCUT2D eigenvalue weighted by Crippen LogP contribution is -2.45. The minimum atomic E-state index is -4.37. The Kier molecular flexibility index (Phi) is 71.5. The van der Waals surface area contributed by atoms with Crippen LogP contribution in [0.2, 0.25) is 0 Å². The number of hydrogen-bond donors (Lipinski definition) is 3. The lowest BCUT2D eigenvalue weighted by molar-refractivity contribution is -0.870. The van der Waals surface area contributed by atoms with Crippen LogP contribution in [0.25, 0.3) is 0 Å². The number of rotatable bonds is 76. The quantitative estimate of drug-likeness (QED) is 0.0243. The van der Waals surface area contributed by atoms with Crippen molar-refractivity contribution in [2.45, 2.75) is 431 Å². The summed E-state index contributed by atoms with van der Waals surface area (Å²) in [5.41, 5.74) is 0. The Labute approximate surface area is 569 Å². The van der Waals surface area contributed by atoms with Crippen molar-refractivity contribution in [3.05, 3.63) is 48.6 Å². The molecule has 0 aliphatic carbocycles. The Morgan fingerprint density at radius 3 is 0.945 bits per heavy atom. The van der Waals surface area contributed by atoms with Crippen LogP contribution in [0.15, 0.2) is 48.6 Å². The second kappa shape index (κ2) is 72.7. The molecule has 0 saturated heterocycles. The first kappa shape index (κ1) is 89.5. The van der Waals surface area contributed by atoms with E-state index in [1.165, 1.54) is 353 Å². The standard InChI is InChI=1S/C82H159N2O6P/c1-6-8-10-12-14-16-18-20-22-24-26-28-30-32-34-36-38-40-41-42-43-44-46-48-50-52-54-56-58-60-62-64-66-68-70-72-74-76-82(86)83-80(79-90-91(87,88)89-78-77-84(3,4)5)81(85)75-73-71-69-67-65-63-61-59-57-55-53-51-49-47-45-39-37-35-33-31-29-27-25-23-21-19-17-15-13-11-9-7-2/h18,20,24,26,65,67,73,75,80-81,85H,6-17,19,21-23,25,27-64,66,68-72,74,76-79H2,1-5H3,(H-,83,86,87,88)/p+1/b20-18-,26-24-,67-65+,75-73+. The summed E-state index contributed by atoms with van der Waals surface area (Å²) >= 11 is 0. The summed E-state index contributed by atoms with van der Waals surface area (Å²) in [5.74, 6) is -0.178. The fourth-order valence-corrected chi connectivity index (χ4v) is 13.2. The summed E-state index contributed by atoms with van der Waals surface area (Å²) in [6, 6.07) is -0.865. The van der Waals surface area contributed by atoms with Crippen LogP contribution in [0.4, 0.5) is 0 Å². The van der Waals surface area contributed by atoms with Crippen molar-refractivity contribution in [3.8, 4) is 0 Å². The van der Waals surface area contributed by atoms with E-state index < -0.39 is 20.0 Å². The Morgan fingerprint density at radius 2 is 0.637 bits per heavy atom. The summed E-state index contributed by atoms with van der Waals surface area (Å²) in [5, 5.41) is 14.0. The third kappa shape index (κ3) is 75.7. The van der Waals surface area contributed by atoms with Crippen molar-refractivity contribution in [3.63, 3.8) is 0 Å². The molecular weight excluding hydrogens is 1140 g/mol. The van der Waals surface area contributed by atoms with E-state index in [9.17, 15) is 19.4 Å². The maximum atomic E-state index is 13.1. The van der Waals surface area contributed by atoms with Gasteiger partial charge in [0, 0.05) is 6.42 Å². The Balaban J connectivity index is 3.97. The van der Waals surface area contributed by atoms with Gasteiger partial charge in [-0.25, -0.2) is 4.57 Å². The molecule has 0 aromatic rings. The van der Waals surface area contributed by atoms with Crippen LogP contribution in [-0.4, -0.2) is 73.4 Å². The maximum absolute atomic E-state index is 13.1. The average Bonchev–Trinajstić information content (AvgIpc) is 3.42. The van der Waals surface area contributed by atoms with Crippen LogP contribution < -0.4 is 5.32 Å². The fraction of sp³-hybridized carbons (Fsp3) is 0.890. The highest BCUT2D eigenvalue weighted by Gasteiger charge is 2.28. The molecule has 0 aromatic carbocycles. The van der Waals surface area contributed by atoms with E-state index >= 15 is 0 Å². The van der Waals surface area contributed by atoms with Gasteiger partial charge >= 0.3 is 7.82 Å². The number of carbonyl (C=O) groups excluding carboxylic acids is 1. The van der Waals surface area contributed by atoms with E-state index in [4.69, 9.17) is 9.05 Å². The third-order valence-electron chi connectivity index (χ3n) is 18.8. The SMILES string of the molecule is CCCCCCC/C=C\C/C=C\CCCCCCCCCCCCCCCCCCCCCCCCCCCC(=O)NC(COP(=O)(O)OCC[N+](C)(C)C)C(O)/C=C/CC/C=C/CCCCCCCCCCCCCCCCCCCCCCCCCCCC. The van der Waals surface area contributed by atoms with Crippen molar-refractivity contribution in [1.29, 1.82) is 0 Å². The normalized spacial score (nSPS) is 13.7. The van der Waals surface area contributed by atoms with Gasteiger partial charge in [0.15, 0.2) is 0 Å². The number of allylic oxidation sites excluding steroid dienone is 7. The first-order valence-corrected chi connectivity index (χ1v) is 42.0. The van der Waals surface area contributed by atoms with E-state index in [1.54, 1.807) is 6.08 Å². The van der Waals surface area contributed by atoms with Gasteiger partial charge in [0.2, 0.25) is 5.91 Å². The molecule has 538 valence electrons. The molecule has 3 atom stereocenters. The molecule has 0 fully saturated rings. The molecule has 3 N–H and O–H groups in total. The summed E-state index contributed by atoms with van der Waals surface area (Å²) in [7, 11) is 1.57. The summed E-state index contributed by atoms with van der Waals surface area (Å²) < 4.78 is 23.9. The van der Waals surface area contributed by atoms with Gasteiger partial charge in [-0.05, 0) is 64.2 Å². The van der Waals surface area contributed by atoms with E-state index in [0.29, 0.717) is 17.4 Å². The second-order valence-corrected chi connectivity index (χ2v) is 30.6. The number of likely N-dealkylation sites (N-methyl/N-ethyl adjacent to an activating group) is 1. The molecule has 0 aromatic heterocycles. The van der Waals surface area contributed by atoms with Crippen LogP contribution in [0.1, 0.15) is 418 Å². The Hall–Kier alpha value is -1.54. The van der Waals surface area contributed by atoms with E-state index in [0.717, 1.165) is 44.9 Å². The van der Waals surface area contributed by atoms with Crippen molar-refractivity contribution < 1.29 is 32.9 Å². The number of carbonyl (C=O) groups is 1. The van der Waals surface area contributed by atoms with Crippen LogP contribution in [-0.2, 0) is 18.4 Å². The number of aliphatic hydroxyl groups is 1. The van der Waals surface area contributed by atoms with Gasteiger partial charge in [0.1, 0.15) is 13.2 Å². The molecule has 9 heteroatoms. The first-order chi connectivity index (χ1) is 44.5. The molecule has 0 aliphatic rings. The highest BCUT2D eigenvalue weighted by molar-refractivity contribution is 7.47. The highest BCUT2D eigenvalue weighted by atomic mass is 31.2. The number of quaternary nitrogens is 1.